The van der Waals surface area contributed by atoms with E-state index in [2.05, 4.69) is 10.2 Å². The number of nitrogens with two attached hydrogens (primary N) is 1. The molecule has 0 saturated carbocycles. The van der Waals surface area contributed by atoms with E-state index in [-0.39, 0.29) is 12.4 Å². The average Bonchev–Trinajstić information content (AvgIpc) is 2.97. The summed E-state index contributed by atoms with van der Waals surface area (Å²) in [6.07, 6.45) is -4.37. The SMILES string of the molecule is Cc1cc(C)cc(OCc2nnc(SCc3cccc(C(F)(F)F)c3)n2N)c1. The number of hydrogen-bond donors (Lipinski definition) is 1. The Kier molecular flexibility index (Phi) is 5.83. The van der Waals surface area contributed by atoms with Crippen molar-refractivity contribution < 1.29 is 17.9 Å². The Labute approximate surface area is 164 Å². The van der Waals surface area contributed by atoms with E-state index in [9.17, 15) is 13.2 Å². The first-order valence-corrected chi connectivity index (χ1v) is 9.40. The summed E-state index contributed by atoms with van der Waals surface area (Å²) in [6, 6.07) is 11.0. The molecule has 3 rings (SSSR count). The molecule has 0 radical (unpaired) electrons. The lowest BCUT2D eigenvalue weighted by Gasteiger charge is -2.09. The molecule has 0 atom stereocenters. The van der Waals surface area contributed by atoms with Gasteiger partial charge in [-0.2, -0.15) is 13.2 Å². The van der Waals surface area contributed by atoms with Crippen molar-refractivity contribution in [3.63, 3.8) is 0 Å². The standard InChI is InChI=1S/C19H19F3N4OS/c1-12-6-13(2)8-16(7-12)27-10-17-24-25-18(26(17)23)28-11-14-4-3-5-15(9-14)19(20,21)22/h3-9H,10-11,23H2,1-2H3. The van der Waals surface area contributed by atoms with E-state index < -0.39 is 11.7 Å². The van der Waals surface area contributed by atoms with Crippen LogP contribution >= 0.6 is 11.8 Å². The molecule has 0 aliphatic carbocycles. The van der Waals surface area contributed by atoms with Crippen molar-refractivity contribution in [1.82, 2.24) is 14.9 Å². The lowest BCUT2D eigenvalue weighted by atomic mass is 10.1. The predicted molar refractivity (Wildman–Crippen MR) is 101 cm³/mol. The summed E-state index contributed by atoms with van der Waals surface area (Å²) in [5.74, 6) is 7.42. The fourth-order valence-corrected chi connectivity index (χ4v) is 3.47. The van der Waals surface area contributed by atoms with Gasteiger partial charge in [-0.05, 0) is 48.7 Å². The Bertz CT molecular complexity index is 952. The van der Waals surface area contributed by atoms with Crippen molar-refractivity contribution in [2.24, 2.45) is 0 Å². The lowest BCUT2D eigenvalue weighted by molar-refractivity contribution is -0.137. The second kappa shape index (κ2) is 8.14. The largest absolute Gasteiger partial charge is 0.486 e. The Morgan fingerprint density at radius 2 is 1.79 bits per heavy atom. The van der Waals surface area contributed by atoms with Crippen LogP contribution in [0.2, 0.25) is 0 Å². The molecule has 2 aromatic carbocycles. The number of halogens is 3. The topological polar surface area (TPSA) is 66.0 Å². The minimum Gasteiger partial charge on any atom is -0.486 e. The molecule has 148 valence electrons. The van der Waals surface area contributed by atoms with E-state index >= 15 is 0 Å². The normalized spacial score (nSPS) is 11.6. The summed E-state index contributed by atoms with van der Waals surface area (Å²) in [7, 11) is 0. The van der Waals surface area contributed by atoms with Crippen molar-refractivity contribution in [1.29, 1.82) is 0 Å². The fourth-order valence-electron chi connectivity index (χ4n) is 2.65. The van der Waals surface area contributed by atoms with Crippen LogP contribution in [0, 0.1) is 13.8 Å². The van der Waals surface area contributed by atoms with Gasteiger partial charge in [-0.15, -0.1) is 10.2 Å². The van der Waals surface area contributed by atoms with E-state index in [4.69, 9.17) is 10.6 Å². The Morgan fingerprint density at radius 3 is 2.46 bits per heavy atom. The van der Waals surface area contributed by atoms with E-state index in [1.54, 1.807) is 6.07 Å². The molecule has 0 aliphatic rings. The van der Waals surface area contributed by atoms with E-state index in [0.29, 0.717) is 22.3 Å². The van der Waals surface area contributed by atoms with E-state index in [1.165, 1.54) is 22.5 Å². The third-order valence-electron chi connectivity index (χ3n) is 3.92. The molecule has 3 aromatic rings. The molecule has 1 aromatic heterocycles. The smallest absolute Gasteiger partial charge is 0.416 e. The molecular formula is C19H19F3N4OS. The van der Waals surface area contributed by atoms with Gasteiger partial charge in [-0.3, -0.25) is 0 Å². The monoisotopic (exact) mass is 408 g/mol. The Balaban J connectivity index is 1.63. The van der Waals surface area contributed by atoms with Crippen molar-refractivity contribution in [3.8, 4) is 5.75 Å². The van der Waals surface area contributed by atoms with Crippen LogP contribution in [0.15, 0.2) is 47.6 Å². The highest BCUT2D eigenvalue weighted by molar-refractivity contribution is 7.98. The quantitative estimate of drug-likeness (QED) is 0.481. The molecular weight excluding hydrogens is 389 g/mol. The number of aryl methyl sites for hydroxylation is 2. The van der Waals surface area contributed by atoms with Gasteiger partial charge in [0.15, 0.2) is 5.82 Å². The zero-order valence-corrected chi connectivity index (χ0v) is 16.1. The lowest BCUT2D eigenvalue weighted by Crippen LogP contribution is -2.15. The van der Waals surface area contributed by atoms with Gasteiger partial charge in [0, 0.05) is 5.75 Å². The highest BCUT2D eigenvalue weighted by atomic mass is 32.2. The number of rotatable bonds is 6. The van der Waals surface area contributed by atoms with Gasteiger partial charge in [0.1, 0.15) is 12.4 Å². The highest BCUT2D eigenvalue weighted by Gasteiger charge is 2.30. The minimum absolute atomic E-state index is 0.135. The van der Waals surface area contributed by atoms with Gasteiger partial charge in [0.25, 0.3) is 0 Å². The molecule has 9 heteroatoms. The van der Waals surface area contributed by atoms with E-state index in [1.807, 2.05) is 32.0 Å². The first kappa shape index (κ1) is 20.1. The molecule has 28 heavy (non-hydrogen) atoms. The zero-order valence-electron chi connectivity index (χ0n) is 15.3. The number of nitrogens with zero attached hydrogens (tertiary/aromatic N) is 3. The van der Waals surface area contributed by atoms with Gasteiger partial charge in [0.2, 0.25) is 5.16 Å². The number of hydrogen-bond acceptors (Lipinski definition) is 5. The van der Waals surface area contributed by atoms with Crippen LogP contribution in [-0.4, -0.2) is 14.9 Å². The molecule has 0 spiro atoms. The van der Waals surface area contributed by atoms with Gasteiger partial charge >= 0.3 is 6.18 Å². The van der Waals surface area contributed by atoms with E-state index in [0.717, 1.165) is 23.3 Å². The van der Waals surface area contributed by atoms with Crippen molar-refractivity contribution in [3.05, 3.63) is 70.5 Å². The summed E-state index contributed by atoms with van der Waals surface area (Å²) in [5, 5.41) is 8.40. The van der Waals surface area contributed by atoms with Crippen LogP contribution in [-0.2, 0) is 18.5 Å². The summed E-state index contributed by atoms with van der Waals surface area (Å²) in [4.78, 5) is 0. The molecule has 0 amide bonds. The summed E-state index contributed by atoms with van der Waals surface area (Å²) in [5.41, 5.74) is 2.02. The second-order valence-electron chi connectivity index (χ2n) is 6.37. The third-order valence-corrected chi connectivity index (χ3v) is 4.93. The van der Waals surface area contributed by atoms with Crippen LogP contribution in [0.4, 0.5) is 13.2 Å². The van der Waals surface area contributed by atoms with Crippen LogP contribution in [0.25, 0.3) is 0 Å². The van der Waals surface area contributed by atoms with Crippen LogP contribution in [0.5, 0.6) is 5.75 Å². The van der Waals surface area contributed by atoms with Crippen LogP contribution < -0.4 is 10.6 Å². The fraction of sp³-hybridized carbons (Fsp3) is 0.263. The molecule has 0 aliphatic heterocycles. The number of benzene rings is 2. The first-order valence-electron chi connectivity index (χ1n) is 8.42. The van der Waals surface area contributed by atoms with Crippen molar-refractivity contribution in [2.45, 2.75) is 37.5 Å². The predicted octanol–water partition coefficient (Wildman–Crippen LogP) is 4.50. The number of alkyl halides is 3. The maximum absolute atomic E-state index is 12.8. The first-order chi connectivity index (χ1) is 13.2. The zero-order chi connectivity index (χ0) is 20.3. The maximum Gasteiger partial charge on any atom is 0.416 e. The highest BCUT2D eigenvalue weighted by Crippen LogP contribution is 2.31. The average molecular weight is 408 g/mol. The minimum atomic E-state index is -4.37. The summed E-state index contributed by atoms with van der Waals surface area (Å²) < 4.78 is 45.4. The third kappa shape index (κ3) is 4.98. The van der Waals surface area contributed by atoms with Crippen molar-refractivity contribution >= 4 is 11.8 Å². The van der Waals surface area contributed by atoms with Gasteiger partial charge < -0.3 is 10.6 Å². The van der Waals surface area contributed by atoms with Crippen LogP contribution in [0.1, 0.15) is 28.1 Å². The molecule has 5 nitrogen and oxygen atoms in total. The van der Waals surface area contributed by atoms with Gasteiger partial charge in [0.05, 0.1) is 5.56 Å². The number of aromatic nitrogens is 3. The van der Waals surface area contributed by atoms with Crippen LogP contribution in [0.3, 0.4) is 0 Å². The van der Waals surface area contributed by atoms with Crippen molar-refractivity contribution in [2.75, 3.05) is 5.84 Å². The van der Waals surface area contributed by atoms with Gasteiger partial charge in [-0.25, -0.2) is 4.68 Å². The number of thioether (sulfide) groups is 1. The summed E-state index contributed by atoms with van der Waals surface area (Å²) >= 11 is 1.21. The molecule has 0 bridgehead atoms. The maximum atomic E-state index is 12.8. The molecule has 0 fully saturated rings. The number of ether oxygens (including phenoxy) is 1. The summed E-state index contributed by atoms with van der Waals surface area (Å²) in [6.45, 7) is 4.10. The van der Waals surface area contributed by atoms with Gasteiger partial charge in [-0.1, -0.05) is 36.0 Å². The molecule has 2 N–H and O–H groups in total. The molecule has 0 saturated heterocycles. The Hall–Kier alpha value is -2.68. The Morgan fingerprint density at radius 1 is 1.07 bits per heavy atom. The molecule has 1 heterocycles. The number of nitrogen functional groups attached to an aromatic ring is 1. The second-order valence-corrected chi connectivity index (χ2v) is 7.31. The molecule has 0 unspecified atom stereocenters.